The normalized spacial score (nSPS) is 18.2. The fourth-order valence-electron chi connectivity index (χ4n) is 11.5. The Morgan fingerprint density at radius 2 is 1.10 bits per heavy atom. The lowest BCUT2D eigenvalue weighted by Gasteiger charge is -2.47. The number of para-hydroxylation sites is 4. The van der Waals surface area contributed by atoms with Crippen molar-refractivity contribution in [2.24, 2.45) is 11.8 Å². The van der Waals surface area contributed by atoms with Crippen LogP contribution >= 0.6 is 0 Å². The molecule has 0 saturated carbocycles. The summed E-state index contributed by atoms with van der Waals surface area (Å²) in [7, 11) is 0. The lowest BCUT2D eigenvalue weighted by Crippen LogP contribution is -2.37. The molecule has 0 spiro atoms. The third-order valence-corrected chi connectivity index (χ3v) is 14.2. The van der Waals surface area contributed by atoms with Gasteiger partial charge in [-0.25, -0.2) is 0 Å². The number of hydrogen-bond acceptors (Lipinski definition) is 1. The monoisotopic (exact) mass is 778 g/mol. The third-order valence-electron chi connectivity index (χ3n) is 14.2. The first-order chi connectivity index (χ1) is 30.1. The van der Waals surface area contributed by atoms with Crippen molar-refractivity contribution >= 4 is 55.1 Å². The van der Waals surface area contributed by atoms with Crippen molar-refractivity contribution in [3.63, 3.8) is 0 Å². The van der Waals surface area contributed by atoms with Crippen LogP contribution in [0.2, 0.25) is 0 Å². The first-order valence-electron chi connectivity index (χ1n) is 21.6. The van der Waals surface area contributed by atoms with Gasteiger partial charge in [-0.15, -0.1) is 0 Å². The Kier molecular flexibility index (Phi) is 7.22. The van der Waals surface area contributed by atoms with Gasteiger partial charge in [0.05, 0.1) is 28.1 Å². The van der Waals surface area contributed by atoms with Crippen LogP contribution in [0.5, 0.6) is 0 Å². The second kappa shape index (κ2) is 12.8. The highest BCUT2D eigenvalue weighted by Crippen LogP contribution is 2.62. The van der Waals surface area contributed by atoms with Crippen LogP contribution in [0.15, 0.2) is 218 Å². The lowest BCUT2D eigenvalue weighted by atomic mass is 9.66. The largest absolute Gasteiger partial charge is 0.312 e. The fraction of sp³-hybridized carbons (Fsp3) is 0.0847. The molecule has 2 nitrogen and oxygen atoms in total. The SMILES string of the molecule is CC1(C)C2=C(c3ccccc31)C1C=CC=C3c4ccccc4N(c4ccc(-c5ccccc5-n5c6ccccc6c6ccccc65)cc4-c4cccc5ccccc45)C(=C2)C31. The van der Waals surface area contributed by atoms with Gasteiger partial charge in [-0.2, -0.15) is 0 Å². The molecule has 0 N–H and O–H groups in total. The molecule has 0 bridgehead atoms. The van der Waals surface area contributed by atoms with Gasteiger partial charge in [0.25, 0.3) is 0 Å². The van der Waals surface area contributed by atoms with E-state index in [2.05, 4.69) is 230 Å². The van der Waals surface area contributed by atoms with Crippen LogP contribution in [-0.2, 0) is 5.41 Å². The molecule has 4 aliphatic rings. The summed E-state index contributed by atoms with van der Waals surface area (Å²) in [6.45, 7) is 4.84. The Labute approximate surface area is 356 Å². The van der Waals surface area contributed by atoms with Gasteiger partial charge in [0.15, 0.2) is 0 Å². The topological polar surface area (TPSA) is 8.17 Å². The minimum absolute atomic E-state index is 0.124. The zero-order valence-electron chi connectivity index (χ0n) is 34.2. The maximum atomic E-state index is 2.63. The zero-order valence-corrected chi connectivity index (χ0v) is 34.2. The number of nitrogens with zero attached hydrogens (tertiary/aromatic N) is 2. The number of aromatic nitrogens is 1. The molecule has 1 aliphatic heterocycles. The molecule has 61 heavy (non-hydrogen) atoms. The van der Waals surface area contributed by atoms with Crippen molar-refractivity contribution in [2.75, 3.05) is 4.90 Å². The lowest BCUT2D eigenvalue weighted by molar-refractivity contribution is 0.604. The molecule has 9 aromatic rings. The van der Waals surface area contributed by atoms with E-state index in [1.807, 2.05) is 0 Å². The van der Waals surface area contributed by atoms with Gasteiger partial charge in [-0.05, 0) is 92.2 Å². The third kappa shape index (κ3) is 4.79. The van der Waals surface area contributed by atoms with Gasteiger partial charge >= 0.3 is 0 Å². The predicted octanol–water partition coefficient (Wildman–Crippen LogP) is 15.3. The first-order valence-corrected chi connectivity index (χ1v) is 21.6. The van der Waals surface area contributed by atoms with Gasteiger partial charge < -0.3 is 9.47 Å². The highest BCUT2D eigenvalue weighted by atomic mass is 15.2. The number of anilines is 2. The minimum Gasteiger partial charge on any atom is -0.312 e. The van der Waals surface area contributed by atoms with Crippen LogP contribution in [-0.4, -0.2) is 4.57 Å². The molecule has 288 valence electrons. The number of rotatable bonds is 4. The van der Waals surface area contributed by atoms with E-state index in [-0.39, 0.29) is 17.3 Å². The molecule has 13 rings (SSSR count). The maximum Gasteiger partial charge on any atom is 0.0541 e. The Morgan fingerprint density at radius 1 is 0.492 bits per heavy atom. The van der Waals surface area contributed by atoms with Crippen molar-refractivity contribution in [2.45, 2.75) is 19.3 Å². The summed E-state index contributed by atoms with van der Waals surface area (Å²) in [6, 6.07) is 67.7. The Balaban J connectivity index is 1.09. The Hall–Kier alpha value is -7.42. The van der Waals surface area contributed by atoms with Crippen molar-refractivity contribution in [1.82, 2.24) is 4.57 Å². The molecule has 0 saturated heterocycles. The minimum atomic E-state index is -0.124. The van der Waals surface area contributed by atoms with E-state index in [0.717, 1.165) is 0 Å². The average Bonchev–Trinajstić information content (AvgIpc) is 3.77. The summed E-state index contributed by atoms with van der Waals surface area (Å²) in [4.78, 5) is 2.63. The molecular formula is C59H42N2. The fourth-order valence-corrected chi connectivity index (χ4v) is 11.5. The standard InChI is InChI=1S/C59H42N2/c1-59(2)49-28-10-5-24-46(49)57-47-27-16-26-45-44-23-9-14-32-54(44)61(56(58(45)47)36-50(57)59)55-34-33-38(35-48(55)41-25-15-18-37-17-3-4-19-39(37)41)40-20-6-11-29-51(40)60-52-30-12-7-21-42(52)43-22-8-13-31-53(43)60/h3-36,47,58H,1-2H3. The van der Waals surface area contributed by atoms with Gasteiger partial charge in [0, 0.05) is 50.4 Å². The zero-order chi connectivity index (χ0) is 40.4. The molecular weight excluding hydrogens is 737 g/mol. The Bertz CT molecular complexity index is 3410. The summed E-state index contributed by atoms with van der Waals surface area (Å²) in [6.07, 6.45) is 9.75. The van der Waals surface area contributed by atoms with Gasteiger partial charge in [-0.1, -0.05) is 178 Å². The molecule has 0 fully saturated rings. The highest BCUT2D eigenvalue weighted by molar-refractivity contribution is 6.10. The van der Waals surface area contributed by atoms with E-state index in [0.29, 0.717) is 0 Å². The maximum absolute atomic E-state index is 2.63. The predicted molar refractivity (Wildman–Crippen MR) is 256 cm³/mol. The van der Waals surface area contributed by atoms with E-state index < -0.39 is 0 Å². The molecule has 2 heterocycles. The summed E-state index contributed by atoms with van der Waals surface area (Å²) in [5.41, 5.74) is 20.5. The number of allylic oxidation sites excluding steroid dienone is 7. The first kappa shape index (κ1) is 34.4. The molecule has 0 radical (unpaired) electrons. The van der Waals surface area contributed by atoms with Crippen molar-refractivity contribution in [3.05, 3.63) is 234 Å². The van der Waals surface area contributed by atoms with E-state index in [1.54, 1.807) is 0 Å². The van der Waals surface area contributed by atoms with Crippen molar-refractivity contribution in [1.29, 1.82) is 0 Å². The van der Waals surface area contributed by atoms with Crippen LogP contribution in [0.4, 0.5) is 11.4 Å². The molecule has 0 amide bonds. The summed E-state index contributed by atoms with van der Waals surface area (Å²) in [5.74, 6) is 0.406. The quantitative estimate of drug-likeness (QED) is 0.173. The van der Waals surface area contributed by atoms with Crippen molar-refractivity contribution in [3.8, 4) is 27.9 Å². The molecule has 2 heteroatoms. The van der Waals surface area contributed by atoms with E-state index in [1.165, 1.54) is 111 Å². The number of hydrogen-bond donors (Lipinski definition) is 0. The van der Waals surface area contributed by atoms with Gasteiger partial charge in [0.2, 0.25) is 0 Å². The molecule has 2 atom stereocenters. The van der Waals surface area contributed by atoms with E-state index in [4.69, 9.17) is 0 Å². The Morgan fingerprint density at radius 3 is 1.90 bits per heavy atom. The van der Waals surface area contributed by atoms with Crippen LogP contribution in [0, 0.1) is 11.8 Å². The highest BCUT2D eigenvalue weighted by Gasteiger charge is 2.49. The van der Waals surface area contributed by atoms with Crippen LogP contribution in [0.25, 0.3) is 71.7 Å². The van der Waals surface area contributed by atoms with E-state index >= 15 is 0 Å². The summed E-state index contributed by atoms with van der Waals surface area (Å²) >= 11 is 0. The summed E-state index contributed by atoms with van der Waals surface area (Å²) in [5, 5.41) is 5.01. The van der Waals surface area contributed by atoms with Crippen LogP contribution < -0.4 is 4.90 Å². The molecule has 3 aliphatic carbocycles. The average molecular weight is 779 g/mol. The second-order valence-electron chi connectivity index (χ2n) is 17.6. The molecule has 1 aromatic heterocycles. The molecule has 2 unspecified atom stereocenters. The number of benzene rings is 8. The van der Waals surface area contributed by atoms with Crippen LogP contribution in [0.3, 0.4) is 0 Å². The van der Waals surface area contributed by atoms with Gasteiger partial charge in [-0.3, -0.25) is 0 Å². The number of fused-ring (bicyclic) bond motifs is 9. The molecule has 8 aromatic carbocycles. The van der Waals surface area contributed by atoms with Crippen LogP contribution in [0.1, 0.15) is 30.5 Å². The smallest absolute Gasteiger partial charge is 0.0541 e. The summed E-state index contributed by atoms with van der Waals surface area (Å²) < 4.78 is 2.45. The second-order valence-corrected chi connectivity index (χ2v) is 17.6. The van der Waals surface area contributed by atoms with Gasteiger partial charge in [0.1, 0.15) is 0 Å². The van der Waals surface area contributed by atoms with Crippen molar-refractivity contribution < 1.29 is 0 Å². The van der Waals surface area contributed by atoms with E-state index in [9.17, 15) is 0 Å².